The molecule has 0 heterocycles. The van der Waals surface area contributed by atoms with Crippen molar-refractivity contribution in [2.24, 2.45) is 0 Å². The molecule has 0 bridgehead atoms. The Kier molecular flexibility index (Phi) is 3.66. The Morgan fingerprint density at radius 3 is 2.58 bits per heavy atom. The first-order chi connectivity index (χ1) is 8.97. The molecule has 0 unspecified atom stereocenters. The number of rotatable bonds is 4. The molecule has 1 aliphatic carbocycles. The maximum Gasteiger partial charge on any atom is 0.337 e. The number of carboxylic acids is 1. The second kappa shape index (κ2) is 5.09. The predicted molar refractivity (Wildman–Crippen MR) is 74.5 cm³/mol. The van der Waals surface area contributed by atoms with Crippen LogP contribution in [-0.2, 0) is 0 Å². The molecule has 1 saturated carbocycles. The number of hydrogen-bond donors (Lipinski definition) is 4. The smallest absolute Gasteiger partial charge is 0.337 e. The van der Waals surface area contributed by atoms with Gasteiger partial charge >= 0.3 is 5.97 Å². The molecule has 0 aromatic heterocycles. The molecule has 2 rings (SSSR count). The van der Waals surface area contributed by atoms with Crippen LogP contribution in [0.1, 0.15) is 41.6 Å². The van der Waals surface area contributed by atoms with Crippen LogP contribution in [0.3, 0.4) is 0 Å². The van der Waals surface area contributed by atoms with E-state index in [-0.39, 0.29) is 17.7 Å². The molecular formula is C14H20N2O3. The van der Waals surface area contributed by atoms with Gasteiger partial charge in [0, 0.05) is 11.4 Å². The normalized spacial score (nSPS) is 17.4. The Hall–Kier alpha value is -1.75. The second-order valence-corrected chi connectivity index (χ2v) is 5.33. The highest BCUT2D eigenvalue weighted by Gasteiger charge is 2.33. The predicted octanol–water partition coefficient (Wildman–Crippen LogP) is 1.99. The van der Waals surface area contributed by atoms with E-state index in [0.29, 0.717) is 11.4 Å². The van der Waals surface area contributed by atoms with E-state index in [4.69, 9.17) is 10.8 Å². The average Bonchev–Trinajstić information content (AvgIpc) is 2.82. The van der Waals surface area contributed by atoms with Crippen LogP contribution < -0.4 is 11.1 Å². The highest BCUT2D eigenvalue weighted by atomic mass is 16.4. The maximum absolute atomic E-state index is 11.2. The summed E-state index contributed by atoms with van der Waals surface area (Å²) in [6.45, 7) is 1.84. The number of aliphatic hydroxyl groups is 1. The molecule has 0 radical (unpaired) electrons. The SMILES string of the molecule is Cc1cc(NC2(CO)CCCC2)cc(C(=O)O)c1N. The summed E-state index contributed by atoms with van der Waals surface area (Å²) in [7, 11) is 0. The standard InChI is InChI=1S/C14H20N2O3/c1-9-6-10(7-11(12(9)15)13(18)19)16-14(8-17)4-2-3-5-14/h6-7,16-17H,2-5,8,15H2,1H3,(H,18,19). The average molecular weight is 264 g/mol. The summed E-state index contributed by atoms with van der Waals surface area (Å²) in [5.41, 5.74) is 7.28. The van der Waals surface area contributed by atoms with Crippen molar-refractivity contribution in [3.8, 4) is 0 Å². The number of nitrogen functional groups attached to an aromatic ring is 1. The molecule has 0 atom stereocenters. The van der Waals surface area contributed by atoms with E-state index in [1.807, 2.05) is 6.07 Å². The number of benzene rings is 1. The van der Waals surface area contributed by atoms with E-state index in [1.54, 1.807) is 13.0 Å². The number of nitrogens with two attached hydrogens (primary N) is 1. The molecule has 1 aromatic carbocycles. The largest absolute Gasteiger partial charge is 0.478 e. The fraction of sp³-hybridized carbons (Fsp3) is 0.500. The summed E-state index contributed by atoms with van der Waals surface area (Å²) >= 11 is 0. The van der Waals surface area contributed by atoms with Gasteiger partial charge in [0.05, 0.1) is 17.7 Å². The van der Waals surface area contributed by atoms with Crippen LogP contribution in [0.5, 0.6) is 0 Å². The minimum absolute atomic E-state index is 0.0544. The van der Waals surface area contributed by atoms with Crippen LogP contribution in [0.15, 0.2) is 12.1 Å². The van der Waals surface area contributed by atoms with Gasteiger partial charge in [-0.05, 0) is 37.5 Å². The molecule has 104 valence electrons. The number of carboxylic acid groups (broad SMARTS) is 1. The zero-order valence-corrected chi connectivity index (χ0v) is 11.1. The first-order valence-corrected chi connectivity index (χ1v) is 6.50. The molecular weight excluding hydrogens is 244 g/mol. The molecule has 1 fully saturated rings. The Balaban J connectivity index is 2.33. The molecule has 0 amide bonds. The Labute approximate surface area is 112 Å². The van der Waals surface area contributed by atoms with E-state index in [1.165, 1.54) is 0 Å². The number of aryl methyl sites for hydroxylation is 1. The maximum atomic E-state index is 11.2. The van der Waals surface area contributed by atoms with E-state index in [2.05, 4.69) is 5.32 Å². The van der Waals surface area contributed by atoms with Crippen LogP contribution in [-0.4, -0.2) is 28.3 Å². The number of aliphatic hydroxyl groups excluding tert-OH is 1. The molecule has 5 N–H and O–H groups in total. The van der Waals surface area contributed by atoms with Crippen LogP contribution in [0, 0.1) is 6.92 Å². The summed E-state index contributed by atoms with van der Waals surface area (Å²) in [6, 6.07) is 3.37. The quantitative estimate of drug-likeness (QED) is 0.624. The summed E-state index contributed by atoms with van der Waals surface area (Å²) in [5, 5.41) is 22.0. The first kappa shape index (κ1) is 13.7. The minimum atomic E-state index is -1.03. The van der Waals surface area contributed by atoms with Crippen molar-refractivity contribution in [1.82, 2.24) is 0 Å². The lowest BCUT2D eigenvalue weighted by atomic mass is 9.97. The van der Waals surface area contributed by atoms with Crippen molar-refractivity contribution in [1.29, 1.82) is 0 Å². The van der Waals surface area contributed by atoms with Gasteiger partial charge in [0.1, 0.15) is 0 Å². The number of anilines is 2. The van der Waals surface area contributed by atoms with Gasteiger partial charge in [-0.15, -0.1) is 0 Å². The zero-order chi connectivity index (χ0) is 14.0. The molecule has 5 heteroatoms. The van der Waals surface area contributed by atoms with Gasteiger partial charge in [-0.25, -0.2) is 4.79 Å². The van der Waals surface area contributed by atoms with Gasteiger partial charge in [0.15, 0.2) is 0 Å². The second-order valence-electron chi connectivity index (χ2n) is 5.33. The van der Waals surface area contributed by atoms with Crippen molar-refractivity contribution in [3.05, 3.63) is 23.3 Å². The van der Waals surface area contributed by atoms with E-state index >= 15 is 0 Å². The molecule has 0 saturated heterocycles. The molecule has 5 nitrogen and oxygen atoms in total. The van der Waals surface area contributed by atoms with Gasteiger partial charge in [-0.2, -0.15) is 0 Å². The first-order valence-electron chi connectivity index (χ1n) is 6.50. The molecule has 19 heavy (non-hydrogen) atoms. The third-order valence-corrected chi connectivity index (χ3v) is 3.89. The van der Waals surface area contributed by atoms with Gasteiger partial charge in [-0.1, -0.05) is 12.8 Å². The van der Waals surface area contributed by atoms with Crippen LogP contribution in [0.2, 0.25) is 0 Å². The number of hydrogen-bond acceptors (Lipinski definition) is 4. The number of carbonyl (C=O) groups is 1. The summed E-state index contributed by atoms with van der Waals surface area (Å²) in [6.07, 6.45) is 3.95. The summed E-state index contributed by atoms with van der Waals surface area (Å²) < 4.78 is 0. The lowest BCUT2D eigenvalue weighted by Gasteiger charge is -2.29. The lowest BCUT2D eigenvalue weighted by Crippen LogP contribution is -2.39. The van der Waals surface area contributed by atoms with Crippen molar-refractivity contribution >= 4 is 17.3 Å². The van der Waals surface area contributed by atoms with Crippen LogP contribution in [0.25, 0.3) is 0 Å². The highest BCUT2D eigenvalue weighted by Crippen LogP contribution is 2.34. The third kappa shape index (κ3) is 2.66. The summed E-state index contributed by atoms with van der Waals surface area (Å²) in [5.74, 6) is -1.03. The van der Waals surface area contributed by atoms with Crippen LogP contribution in [0.4, 0.5) is 11.4 Å². The topological polar surface area (TPSA) is 95.6 Å². The van der Waals surface area contributed by atoms with Gasteiger partial charge < -0.3 is 21.3 Å². The van der Waals surface area contributed by atoms with Crippen LogP contribution >= 0.6 is 0 Å². The van der Waals surface area contributed by atoms with Crippen molar-refractivity contribution in [2.45, 2.75) is 38.1 Å². The van der Waals surface area contributed by atoms with Gasteiger partial charge in [0.25, 0.3) is 0 Å². The lowest BCUT2D eigenvalue weighted by molar-refractivity contribution is 0.0698. The highest BCUT2D eigenvalue weighted by molar-refractivity contribution is 5.95. The third-order valence-electron chi connectivity index (χ3n) is 3.89. The molecule has 1 aliphatic rings. The monoisotopic (exact) mass is 264 g/mol. The fourth-order valence-corrected chi connectivity index (χ4v) is 2.73. The number of nitrogens with one attached hydrogen (secondary N) is 1. The Morgan fingerprint density at radius 1 is 1.42 bits per heavy atom. The Bertz CT molecular complexity index is 494. The van der Waals surface area contributed by atoms with Crippen molar-refractivity contribution < 1.29 is 15.0 Å². The Morgan fingerprint density at radius 2 is 2.05 bits per heavy atom. The van der Waals surface area contributed by atoms with E-state index in [0.717, 1.165) is 31.2 Å². The van der Waals surface area contributed by atoms with E-state index in [9.17, 15) is 9.90 Å². The zero-order valence-electron chi connectivity index (χ0n) is 11.1. The number of aromatic carboxylic acids is 1. The van der Waals surface area contributed by atoms with Gasteiger partial charge in [-0.3, -0.25) is 0 Å². The fourth-order valence-electron chi connectivity index (χ4n) is 2.73. The minimum Gasteiger partial charge on any atom is -0.478 e. The van der Waals surface area contributed by atoms with Crippen molar-refractivity contribution in [3.63, 3.8) is 0 Å². The molecule has 0 aliphatic heterocycles. The summed E-state index contributed by atoms with van der Waals surface area (Å²) in [4.78, 5) is 11.2. The van der Waals surface area contributed by atoms with E-state index < -0.39 is 5.97 Å². The van der Waals surface area contributed by atoms with Gasteiger partial charge in [0.2, 0.25) is 0 Å². The molecule has 0 spiro atoms. The van der Waals surface area contributed by atoms with Crippen molar-refractivity contribution in [2.75, 3.05) is 17.7 Å². The molecule has 1 aromatic rings.